The Labute approximate surface area is 193 Å². The molecule has 4 rings (SSSR count). The molecule has 168 valence electrons. The molecule has 2 aromatic heterocycles. The summed E-state index contributed by atoms with van der Waals surface area (Å²) in [5, 5.41) is 6.08. The van der Waals surface area contributed by atoms with Crippen LogP contribution in [0.1, 0.15) is 24.5 Å². The highest BCUT2D eigenvalue weighted by molar-refractivity contribution is 5.72. The van der Waals surface area contributed by atoms with Crippen molar-refractivity contribution in [3.63, 3.8) is 0 Å². The van der Waals surface area contributed by atoms with Crippen LogP contribution < -0.4 is 15.4 Å². The van der Waals surface area contributed by atoms with Gasteiger partial charge in [0.1, 0.15) is 0 Å². The van der Waals surface area contributed by atoms with Crippen LogP contribution in [-0.2, 0) is 6.42 Å². The van der Waals surface area contributed by atoms with Gasteiger partial charge in [-0.1, -0.05) is 48.5 Å². The lowest BCUT2D eigenvalue weighted by molar-refractivity contribution is 0.194. The minimum atomic E-state index is -0.491. The second-order valence-corrected chi connectivity index (χ2v) is 7.93. The standard InChI is InChI=1S/C26H27N5O2/c1-18-16-28-25(30-22-11-7-4-8-12-22)31-24(18)21-15-23(27-17-21)33-26(32)29-19(2)13-14-20-9-5-3-6-10-20/h3-12,15-17,19,27H,13-14H2,1-2H3,(H,29,32)(H,28,30,31). The average molecular weight is 442 g/mol. The van der Waals surface area contributed by atoms with E-state index in [9.17, 15) is 4.79 Å². The summed E-state index contributed by atoms with van der Waals surface area (Å²) in [6.07, 6.45) is 4.76. The lowest BCUT2D eigenvalue weighted by Gasteiger charge is -2.13. The first-order valence-electron chi connectivity index (χ1n) is 10.9. The lowest BCUT2D eigenvalue weighted by Crippen LogP contribution is -2.35. The van der Waals surface area contributed by atoms with Gasteiger partial charge in [0.2, 0.25) is 11.8 Å². The van der Waals surface area contributed by atoms with Crippen molar-refractivity contribution in [1.29, 1.82) is 0 Å². The topological polar surface area (TPSA) is 91.9 Å². The maximum atomic E-state index is 12.3. The lowest BCUT2D eigenvalue weighted by atomic mass is 10.1. The number of ether oxygens (including phenoxy) is 1. The number of aromatic nitrogens is 3. The van der Waals surface area contributed by atoms with E-state index < -0.39 is 6.09 Å². The SMILES string of the molecule is Cc1cnc(Nc2ccccc2)nc1-c1c[nH]c(OC(=O)NC(C)CCc2ccccc2)c1. The number of rotatable bonds is 8. The molecule has 0 saturated heterocycles. The summed E-state index contributed by atoms with van der Waals surface area (Å²) in [6, 6.07) is 21.7. The number of amides is 1. The second kappa shape index (κ2) is 10.5. The Hall–Kier alpha value is -4.13. The van der Waals surface area contributed by atoms with Crippen LogP contribution >= 0.6 is 0 Å². The first-order chi connectivity index (χ1) is 16.1. The van der Waals surface area contributed by atoms with Crippen LogP contribution in [0, 0.1) is 6.92 Å². The van der Waals surface area contributed by atoms with Gasteiger partial charge >= 0.3 is 6.09 Å². The highest BCUT2D eigenvalue weighted by atomic mass is 16.6. The maximum absolute atomic E-state index is 12.3. The molecule has 7 heteroatoms. The largest absolute Gasteiger partial charge is 0.414 e. The Balaban J connectivity index is 1.35. The molecular formula is C26H27N5O2. The summed E-state index contributed by atoms with van der Waals surface area (Å²) >= 11 is 0. The minimum absolute atomic E-state index is 0.0112. The van der Waals surface area contributed by atoms with E-state index in [1.807, 2.05) is 62.4 Å². The first kappa shape index (κ1) is 22.1. The van der Waals surface area contributed by atoms with Gasteiger partial charge in [0, 0.05) is 35.8 Å². The maximum Gasteiger partial charge on any atom is 0.414 e. The molecule has 0 bridgehead atoms. The average Bonchev–Trinajstić information content (AvgIpc) is 3.28. The Morgan fingerprint density at radius 2 is 1.82 bits per heavy atom. The predicted molar refractivity (Wildman–Crippen MR) is 130 cm³/mol. The van der Waals surface area contributed by atoms with Crippen molar-refractivity contribution < 1.29 is 9.53 Å². The molecule has 0 aliphatic rings. The zero-order valence-electron chi connectivity index (χ0n) is 18.7. The Morgan fingerprint density at radius 3 is 2.58 bits per heavy atom. The third kappa shape index (κ3) is 6.20. The van der Waals surface area contributed by atoms with E-state index in [1.54, 1.807) is 18.5 Å². The first-order valence-corrected chi connectivity index (χ1v) is 10.9. The van der Waals surface area contributed by atoms with Crippen molar-refractivity contribution in [3.05, 3.63) is 90.3 Å². The number of nitrogens with one attached hydrogen (secondary N) is 3. The zero-order valence-corrected chi connectivity index (χ0v) is 18.7. The molecule has 1 unspecified atom stereocenters. The molecule has 0 fully saturated rings. The Bertz CT molecular complexity index is 1190. The fraction of sp³-hybridized carbons (Fsp3) is 0.192. The molecule has 0 aliphatic carbocycles. The third-order valence-corrected chi connectivity index (χ3v) is 5.21. The molecule has 0 aliphatic heterocycles. The van der Waals surface area contributed by atoms with Gasteiger partial charge in [-0.25, -0.2) is 14.8 Å². The van der Waals surface area contributed by atoms with Crippen LogP contribution in [0.15, 0.2) is 79.1 Å². The van der Waals surface area contributed by atoms with Gasteiger partial charge < -0.3 is 20.4 Å². The number of para-hydroxylation sites is 1. The fourth-order valence-corrected chi connectivity index (χ4v) is 3.44. The molecule has 33 heavy (non-hydrogen) atoms. The van der Waals surface area contributed by atoms with Gasteiger partial charge in [0.15, 0.2) is 0 Å². The number of carbonyl (C=O) groups excluding carboxylic acids is 1. The van der Waals surface area contributed by atoms with Crippen molar-refractivity contribution in [1.82, 2.24) is 20.3 Å². The van der Waals surface area contributed by atoms with Crippen LogP contribution in [0.3, 0.4) is 0 Å². The van der Waals surface area contributed by atoms with Crippen LogP contribution in [0.5, 0.6) is 5.88 Å². The fourth-order valence-electron chi connectivity index (χ4n) is 3.44. The highest BCUT2D eigenvalue weighted by Gasteiger charge is 2.14. The molecule has 2 aromatic carbocycles. The van der Waals surface area contributed by atoms with Crippen LogP contribution in [0.25, 0.3) is 11.3 Å². The number of benzene rings is 2. The molecule has 0 spiro atoms. The molecule has 0 saturated carbocycles. The van der Waals surface area contributed by atoms with E-state index in [1.165, 1.54) is 5.56 Å². The highest BCUT2D eigenvalue weighted by Crippen LogP contribution is 2.26. The third-order valence-electron chi connectivity index (χ3n) is 5.21. The van der Waals surface area contributed by atoms with E-state index in [-0.39, 0.29) is 6.04 Å². The van der Waals surface area contributed by atoms with Gasteiger partial charge in [-0.2, -0.15) is 0 Å². The van der Waals surface area contributed by atoms with Gasteiger partial charge in [0.05, 0.1) is 5.69 Å². The Morgan fingerprint density at radius 1 is 1.09 bits per heavy atom. The van der Waals surface area contributed by atoms with E-state index in [0.717, 1.165) is 35.3 Å². The van der Waals surface area contributed by atoms with Crippen molar-refractivity contribution in [2.45, 2.75) is 32.7 Å². The van der Waals surface area contributed by atoms with E-state index in [0.29, 0.717) is 11.8 Å². The monoisotopic (exact) mass is 441 g/mol. The molecule has 2 heterocycles. The molecule has 3 N–H and O–H groups in total. The minimum Gasteiger partial charge on any atom is -0.393 e. The molecular weight excluding hydrogens is 414 g/mol. The van der Waals surface area contributed by atoms with E-state index in [2.05, 4.69) is 37.7 Å². The van der Waals surface area contributed by atoms with Crippen LogP contribution in [0.4, 0.5) is 16.4 Å². The molecule has 1 amide bonds. The number of aromatic amines is 1. The van der Waals surface area contributed by atoms with E-state index >= 15 is 0 Å². The number of H-pyrrole nitrogens is 1. The Kier molecular flexibility index (Phi) is 6.99. The molecule has 7 nitrogen and oxygen atoms in total. The molecule has 4 aromatic rings. The predicted octanol–water partition coefficient (Wildman–Crippen LogP) is 5.63. The summed E-state index contributed by atoms with van der Waals surface area (Å²) in [4.78, 5) is 24.3. The summed E-state index contributed by atoms with van der Waals surface area (Å²) in [5.74, 6) is 0.851. The van der Waals surface area contributed by atoms with Crippen molar-refractivity contribution >= 4 is 17.7 Å². The number of hydrogen-bond acceptors (Lipinski definition) is 5. The molecule has 1 atom stereocenters. The summed E-state index contributed by atoms with van der Waals surface area (Å²) in [5.41, 5.74) is 4.63. The quantitative estimate of drug-likeness (QED) is 0.329. The second-order valence-electron chi connectivity index (χ2n) is 7.93. The number of nitrogens with zero attached hydrogens (tertiary/aromatic N) is 2. The van der Waals surface area contributed by atoms with Crippen LogP contribution in [0.2, 0.25) is 0 Å². The number of aryl methyl sites for hydroxylation is 2. The van der Waals surface area contributed by atoms with Crippen molar-refractivity contribution in [2.75, 3.05) is 5.32 Å². The van der Waals surface area contributed by atoms with Crippen molar-refractivity contribution in [3.8, 4) is 17.1 Å². The normalized spacial score (nSPS) is 11.6. The smallest absolute Gasteiger partial charge is 0.393 e. The summed E-state index contributed by atoms with van der Waals surface area (Å²) in [7, 11) is 0. The van der Waals surface area contributed by atoms with Gasteiger partial charge in [-0.05, 0) is 49.9 Å². The zero-order chi connectivity index (χ0) is 23.0. The van der Waals surface area contributed by atoms with Crippen molar-refractivity contribution in [2.24, 2.45) is 0 Å². The summed E-state index contributed by atoms with van der Waals surface area (Å²) in [6.45, 7) is 3.91. The van der Waals surface area contributed by atoms with E-state index in [4.69, 9.17) is 4.74 Å². The molecule has 0 radical (unpaired) electrons. The van der Waals surface area contributed by atoms with Gasteiger partial charge in [-0.15, -0.1) is 0 Å². The number of hydrogen-bond donors (Lipinski definition) is 3. The van der Waals surface area contributed by atoms with Gasteiger partial charge in [0.25, 0.3) is 0 Å². The number of anilines is 2. The van der Waals surface area contributed by atoms with Gasteiger partial charge in [-0.3, -0.25) is 0 Å². The summed E-state index contributed by atoms with van der Waals surface area (Å²) < 4.78 is 5.44. The number of carbonyl (C=O) groups is 1. The van der Waals surface area contributed by atoms with Crippen LogP contribution in [-0.4, -0.2) is 27.1 Å².